The molecule has 32 heavy (non-hydrogen) atoms. The number of nitro benzene ring substituents is 1. The van der Waals surface area contributed by atoms with Crippen LogP contribution in [-0.2, 0) is 4.74 Å². The Labute approximate surface area is 181 Å². The van der Waals surface area contributed by atoms with Gasteiger partial charge < -0.3 is 9.47 Å². The highest BCUT2D eigenvalue weighted by Gasteiger charge is 2.22. The number of nitrogens with zero attached hydrogens (tertiary/aromatic N) is 4. The second kappa shape index (κ2) is 8.34. The van der Waals surface area contributed by atoms with Crippen molar-refractivity contribution in [3.8, 4) is 17.1 Å². The summed E-state index contributed by atoms with van der Waals surface area (Å²) in [5, 5.41) is 15.6. The summed E-state index contributed by atoms with van der Waals surface area (Å²) in [5.74, 6) is -0.0173. The summed E-state index contributed by atoms with van der Waals surface area (Å²) in [7, 11) is 1.54. The van der Waals surface area contributed by atoms with Crippen LogP contribution >= 0.6 is 0 Å². The molecule has 10 heteroatoms. The van der Waals surface area contributed by atoms with Crippen LogP contribution < -0.4 is 10.3 Å². The molecule has 0 radical (unpaired) electrons. The van der Waals surface area contributed by atoms with Gasteiger partial charge in [0.25, 0.3) is 11.2 Å². The fraction of sp³-hybridized carbons (Fsp3) is 0.136. The van der Waals surface area contributed by atoms with Crippen LogP contribution in [0.25, 0.3) is 22.3 Å². The topological polar surface area (TPSA) is 118 Å². The number of pyridine rings is 1. The molecule has 2 aromatic heterocycles. The van der Waals surface area contributed by atoms with Crippen LogP contribution in [0.15, 0.2) is 65.6 Å². The predicted molar refractivity (Wildman–Crippen MR) is 116 cm³/mol. The number of ether oxygens (including phenoxy) is 2. The van der Waals surface area contributed by atoms with Crippen LogP contribution in [0.1, 0.15) is 17.4 Å². The highest BCUT2D eigenvalue weighted by atomic mass is 16.6. The molecule has 4 aromatic rings. The van der Waals surface area contributed by atoms with E-state index in [2.05, 4.69) is 5.10 Å². The van der Waals surface area contributed by atoms with Gasteiger partial charge in [-0.1, -0.05) is 0 Å². The Morgan fingerprint density at radius 3 is 2.31 bits per heavy atom. The van der Waals surface area contributed by atoms with Crippen LogP contribution in [0, 0.1) is 10.1 Å². The van der Waals surface area contributed by atoms with Crippen LogP contribution in [0.5, 0.6) is 5.75 Å². The van der Waals surface area contributed by atoms with Crippen molar-refractivity contribution in [1.29, 1.82) is 0 Å². The van der Waals surface area contributed by atoms with E-state index in [1.54, 1.807) is 44.4 Å². The first kappa shape index (κ1) is 20.8. The van der Waals surface area contributed by atoms with Gasteiger partial charge in [0.1, 0.15) is 11.3 Å². The molecule has 10 nitrogen and oxygen atoms in total. The third kappa shape index (κ3) is 3.58. The number of esters is 1. The van der Waals surface area contributed by atoms with Gasteiger partial charge in [-0.3, -0.25) is 19.5 Å². The van der Waals surface area contributed by atoms with E-state index in [4.69, 9.17) is 9.47 Å². The Bertz CT molecular complexity index is 1370. The maximum absolute atomic E-state index is 13.5. The second-order valence-corrected chi connectivity index (χ2v) is 6.71. The molecule has 0 amide bonds. The number of methoxy groups -OCH3 is 1. The number of carbonyl (C=O) groups is 1. The third-order valence-corrected chi connectivity index (χ3v) is 4.86. The van der Waals surface area contributed by atoms with Crippen LogP contribution in [0.2, 0.25) is 0 Å². The molecule has 2 aromatic carbocycles. The van der Waals surface area contributed by atoms with E-state index in [1.165, 1.54) is 39.7 Å². The number of hydrogen-bond acceptors (Lipinski definition) is 7. The minimum Gasteiger partial charge on any atom is -0.497 e. The van der Waals surface area contributed by atoms with E-state index in [0.717, 1.165) is 0 Å². The molecule has 0 aliphatic carbocycles. The molecule has 0 spiro atoms. The van der Waals surface area contributed by atoms with E-state index >= 15 is 0 Å². The summed E-state index contributed by atoms with van der Waals surface area (Å²) >= 11 is 0. The summed E-state index contributed by atoms with van der Waals surface area (Å²) in [6.45, 7) is 1.84. The fourth-order valence-corrected chi connectivity index (χ4v) is 3.32. The molecule has 0 saturated carbocycles. The van der Waals surface area contributed by atoms with Gasteiger partial charge in [0.2, 0.25) is 0 Å². The van der Waals surface area contributed by atoms with Crippen LogP contribution in [0.4, 0.5) is 5.69 Å². The molecule has 0 atom stereocenters. The van der Waals surface area contributed by atoms with Crippen molar-refractivity contribution in [2.75, 3.05) is 13.7 Å². The largest absolute Gasteiger partial charge is 0.497 e. The van der Waals surface area contributed by atoms with Gasteiger partial charge in [-0.2, -0.15) is 5.10 Å². The van der Waals surface area contributed by atoms with E-state index in [0.29, 0.717) is 22.5 Å². The maximum atomic E-state index is 13.5. The highest BCUT2D eigenvalue weighted by Crippen LogP contribution is 2.23. The average Bonchev–Trinajstić information content (AvgIpc) is 3.20. The number of carbonyl (C=O) groups excluding carboxylic acids is 1. The number of rotatable bonds is 6. The third-order valence-electron chi connectivity index (χ3n) is 4.86. The smallest absolute Gasteiger partial charge is 0.359 e. The minimum atomic E-state index is -0.641. The van der Waals surface area contributed by atoms with E-state index in [9.17, 15) is 19.7 Å². The summed E-state index contributed by atoms with van der Waals surface area (Å²) in [6, 6.07) is 14.0. The lowest BCUT2D eigenvalue weighted by molar-refractivity contribution is -0.384. The average molecular weight is 434 g/mol. The van der Waals surface area contributed by atoms with Gasteiger partial charge in [-0.25, -0.2) is 9.48 Å². The van der Waals surface area contributed by atoms with Gasteiger partial charge in [0.15, 0.2) is 5.69 Å². The molecule has 2 heterocycles. The Hall–Kier alpha value is -4.47. The Kier molecular flexibility index (Phi) is 5.42. The van der Waals surface area contributed by atoms with Crippen molar-refractivity contribution < 1.29 is 19.2 Å². The Morgan fingerprint density at radius 1 is 1.06 bits per heavy atom. The normalized spacial score (nSPS) is 10.8. The number of nitro groups is 1. The van der Waals surface area contributed by atoms with E-state index in [1.807, 2.05) is 0 Å². The molecule has 0 aliphatic rings. The van der Waals surface area contributed by atoms with Crippen molar-refractivity contribution >= 4 is 22.6 Å². The van der Waals surface area contributed by atoms with Gasteiger partial charge in [-0.15, -0.1) is 0 Å². The SMILES string of the molecule is CCOC(=O)c1nn(-c2ccc(OC)cc2)c2c(=O)n(-c3ccc([N+](=O)[O-])cc3)ccc12. The lowest BCUT2D eigenvalue weighted by Crippen LogP contribution is -2.20. The summed E-state index contributed by atoms with van der Waals surface area (Å²) in [5.41, 5.74) is 0.628. The van der Waals surface area contributed by atoms with Gasteiger partial charge in [-0.05, 0) is 49.4 Å². The summed E-state index contributed by atoms with van der Waals surface area (Å²) in [4.78, 5) is 36.3. The lowest BCUT2D eigenvalue weighted by atomic mass is 10.2. The first-order valence-corrected chi connectivity index (χ1v) is 9.65. The molecular weight excluding hydrogens is 416 g/mol. The van der Waals surface area contributed by atoms with Gasteiger partial charge in [0, 0.05) is 29.4 Å². The number of aromatic nitrogens is 3. The van der Waals surface area contributed by atoms with Crippen molar-refractivity contribution in [1.82, 2.24) is 14.3 Å². The second-order valence-electron chi connectivity index (χ2n) is 6.71. The van der Waals surface area contributed by atoms with Gasteiger partial charge >= 0.3 is 5.97 Å². The van der Waals surface area contributed by atoms with E-state index in [-0.39, 0.29) is 23.5 Å². The Balaban J connectivity index is 1.94. The standard InChI is InChI=1S/C22H18N4O6/c1-3-32-22(28)19-18-12-13-24(14-4-6-16(7-5-14)26(29)30)21(27)20(18)25(23-19)15-8-10-17(31-2)11-9-15/h4-13H,3H2,1-2H3. The molecule has 0 N–H and O–H groups in total. The zero-order valence-electron chi connectivity index (χ0n) is 17.2. The lowest BCUT2D eigenvalue weighted by Gasteiger charge is -2.08. The number of fused-ring (bicyclic) bond motifs is 1. The molecule has 0 bridgehead atoms. The zero-order chi connectivity index (χ0) is 22.8. The molecule has 162 valence electrons. The van der Waals surface area contributed by atoms with Crippen molar-refractivity contribution in [2.45, 2.75) is 6.92 Å². The van der Waals surface area contributed by atoms with Gasteiger partial charge in [0.05, 0.1) is 24.3 Å². The molecule has 0 saturated heterocycles. The minimum absolute atomic E-state index is 0.0191. The summed E-state index contributed by atoms with van der Waals surface area (Å²) < 4.78 is 13.0. The highest BCUT2D eigenvalue weighted by molar-refractivity contribution is 6.02. The Morgan fingerprint density at radius 2 is 1.72 bits per heavy atom. The zero-order valence-corrected chi connectivity index (χ0v) is 17.2. The van der Waals surface area contributed by atoms with Crippen molar-refractivity contribution in [3.05, 3.63) is 87.0 Å². The first-order chi connectivity index (χ1) is 15.4. The van der Waals surface area contributed by atoms with E-state index < -0.39 is 16.5 Å². The predicted octanol–water partition coefficient (Wildman–Crippen LogP) is 3.27. The monoisotopic (exact) mass is 434 g/mol. The number of non-ortho nitro benzene ring substituents is 1. The summed E-state index contributed by atoms with van der Waals surface area (Å²) in [6.07, 6.45) is 1.49. The molecular formula is C22H18N4O6. The van der Waals surface area contributed by atoms with Crippen LogP contribution in [-0.4, -0.2) is 39.0 Å². The quantitative estimate of drug-likeness (QED) is 0.260. The maximum Gasteiger partial charge on any atom is 0.359 e. The number of benzene rings is 2. The van der Waals surface area contributed by atoms with Crippen molar-refractivity contribution in [2.24, 2.45) is 0 Å². The molecule has 4 rings (SSSR count). The molecule has 0 aliphatic heterocycles. The van der Waals surface area contributed by atoms with Crippen molar-refractivity contribution in [3.63, 3.8) is 0 Å². The first-order valence-electron chi connectivity index (χ1n) is 9.65. The van der Waals surface area contributed by atoms with Crippen LogP contribution in [0.3, 0.4) is 0 Å². The molecule has 0 unspecified atom stereocenters. The molecule has 0 fully saturated rings. The number of hydrogen-bond donors (Lipinski definition) is 0. The fourth-order valence-electron chi connectivity index (χ4n) is 3.32.